The zero-order valence-electron chi connectivity index (χ0n) is 6.89. The molecule has 0 amide bonds. The molecule has 1 aromatic rings. The minimum absolute atomic E-state index is 0.0742. The Balaban J connectivity index is 2.96. The molecule has 1 rings (SSSR count). The minimum Gasteiger partial charge on any atom is -0.431 e. The van der Waals surface area contributed by atoms with Crippen LogP contribution in [0.2, 0.25) is 0 Å². The summed E-state index contributed by atoms with van der Waals surface area (Å²) in [6.45, 7) is -3.04. The van der Waals surface area contributed by atoms with Crippen molar-refractivity contribution in [1.29, 1.82) is 0 Å². The van der Waals surface area contributed by atoms with Gasteiger partial charge in [0.1, 0.15) is 0 Å². The predicted octanol–water partition coefficient (Wildman–Crippen LogP) is -1.06. The Labute approximate surface area is 78.3 Å². The number of nitrogens with zero attached hydrogens (tertiary/aromatic N) is 1. The molecule has 14 heavy (non-hydrogen) atoms. The van der Waals surface area contributed by atoms with Gasteiger partial charge in [0.15, 0.2) is 11.6 Å². The maximum atomic E-state index is 11.8. The van der Waals surface area contributed by atoms with Gasteiger partial charge in [0.2, 0.25) is 0 Å². The summed E-state index contributed by atoms with van der Waals surface area (Å²) in [5, 5.41) is 17.4. The van der Waals surface area contributed by atoms with Gasteiger partial charge in [-0.3, -0.25) is 0 Å². The first kappa shape index (κ1) is 10.7. The molecule has 0 atom stereocenters. The number of rotatable bonds is 3. The average Bonchev–Trinajstić information content (AvgIpc) is 2.07. The molecule has 0 saturated heterocycles. The SMILES string of the molecule is Nc1ncc(B(O)O)cc1OC(F)F. The summed E-state index contributed by atoms with van der Waals surface area (Å²) in [5.41, 5.74) is 5.13. The lowest BCUT2D eigenvalue weighted by Crippen LogP contribution is -2.30. The molecule has 0 saturated carbocycles. The highest BCUT2D eigenvalue weighted by molar-refractivity contribution is 6.58. The lowest BCUT2D eigenvalue weighted by atomic mass is 9.81. The fourth-order valence-electron chi connectivity index (χ4n) is 0.802. The first-order valence-corrected chi connectivity index (χ1v) is 3.57. The zero-order valence-corrected chi connectivity index (χ0v) is 6.89. The summed E-state index contributed by atoms with van der Waals surface area (Å²) in [5.74, 6) is -0.625. The molecule has 0 unspecified atom stereocenters. The van der Waals surface area contributed by atoms with Crippen LogP contribution in [-0.4, -0.2) is 28.8 Å². The average molecular weight is 204 g/mol. The summed E-state index contributed by atoms with van der Waals surface area (Å²) in [7, 11) is -1.80. The Morgan fingerprint density at radius 3 is 2.64 bits per heavy atom. The lowest BCUT2D eigenvalue weighted by Gasteiger charge is -2.08. The highest BCUT2D eigenvalue weighted by Gasteiger charge is 2.16. The molecule has 5 nitrogen and oxygen atoms in total. The third-order valence-corrected chi connectivity index (χ3v) is 1.42. The van der Waals surface area contributed by atoms with Gasteiger partial charge in [-0.25, -0.2) is 4.98 Å². The predicted molar refractivity (Wildman–Crippen MR) is 45.1 cm³/mol. The second kappa shape index (κ2) is 4.20. The van der Waals surface area contributed by atoms with Gasteiger partial charge in [0.25, 0.3) is 0 Å². The first-order valence-electron chi connectivity index (χ1n) is 3.57. The standard InChI is InChI=1S/C6H7BF2N2O3/c8-6(9)14-4-1-3(7(12)13)2-11-5(4)10/h1-2,6,12-13H,(H2,10,11). The number of hydrogen-bond acceptors (Lipinski definition) is 5. The first-order chi connectivity index (χ1) is 6.50. The van der Waals surface area contributed by atoms with Crippen molar-refractivity contribution < 1.29 is 23.6 Å². The van der Waals surface area contributed by atoms with E-state index in [0.29, 0.717) is 0 Å². The van der Waals surface area contributed by atoms with Crippen molar-refractivity contribution in [3.8, 4) is 5.75 Å². The molecule has 0 fully saturated rings. The molecule has 1 heterocycles. The largest absolute Gasteiger partial charge is 0.490 e. The van der Waals surface area contributed by atoms with E-state index in [1.54, 1.807) is 0 Å². The highest BCUT2D eigenvalue weighted by Crippen LogP contribution is 2.18. The molecule has 76 valence electrons. The van der Waals surface area contributed by atoms with Gasteiger partial charge in [0.05, 0.1) is 0 Å². The molecule has 0 bridgehead atoms. The quantitative estimate of drug-likeness (QED) is 0.546. The van der Waals surface area contributed by atoms with Crippen LogP contribution in [-0.2, 0) is 0 Å². The molecule has 0 radical (unpaired) electrons. The molecule has 1 aromatic heterocycles. The third kappa shape index (κ3) is 2.54. The minimum atomic E-state index is -3.04. The molecule has 0 aromatic carbocycles. The van der Waals surface area contributed by atoms with Gasteiger partial charge in [-0.15, -0.1) is 0 Å². The van der Waals surface area contributed by atoms with Crippen molar-refractivity contribution >= 4 is 18.4 Å². The molecule has 0 aliphatic rings. The number of alkyl halides is 2. The topological polar surface area (TPSA) is 88.6 Å². The summed E-state index contributed by atoms with van der Waals surface area (Å²) < 4.78 is 27.6. The number of pyridine rings is 1. The normalized spacial score (nSPS) is 10.4. The maximum Gasteiger partial charge on any atom is 0.490 e. The summed E-state index contributed by atoms with van der Waals surface area (Å²) >= 11 is 0. The molecule has 0 aliphatic carbocycles. The summed E-state index contributed by atoms with van der Waals surface area (Å²) in [6, 6.07) is 0.985. The van der Waals surface area contributed by atoms with E-state index in [0.717, 1.165) is 12.3 Å². The van der Waals surface area contributed by atoms with E-state index in [4.69, 9.17) is 15.8 Å². The second-order valence-corrected chi connectivity index (χ2v) is 2.40. The van der Waals surface area contributed by atoms with E-state index in [-0.39, 0.29) is 17.0 Å². The fraction of sp³-hybridized carbons (Fsp3) is 0.167. The summed E-state index contributed by atoms with van der Waals surface area (Å²) in [6.07, 6.45) is 1.05. The van der Waals surface area contributed by atoms with Crippen molar-refractivity contribution in [1.82, 2.24) is 4.98 Å². The molecular formula is C6H7BF2N2O3. The number of ether oxygens (including phenoxy) is 1. The highest BCUT2D eigenvalue weighted by atomic mass is 19.3. The van der Waals surface area contributed by atoms with E-state index in [1.165, 1.54) is 0 Å². The number of anilines is 1. The van der Waals surface area contributed by atoms with Gasteiger partial charge in [-0.05, 0) is 6.07 Å². The third-order valence-electron chi connectivity index (χ3n) is 1.42. The van der Waals surface area contributed by atoms with Crippen LogP contribution >= 0.6 is 0 Å². The Hall–Kier alpha value is -1.41. The molecule has 0 aliphatic heterocycles. The number of nitrogens with two attached hydrogens (primary N) is 1. The van der Waals surface area contributed by atoms with Crippen molar-refractivity contribution in [2.75, 3.05) is 5.73 Å². The van der Waals surface area contributed by atoms with Crippen molar-refractivity contribution in [2.45, 2.75) is 6.61 Å². The Morgan fingerprint density at radius 1 is 1.50 bits per heavy atom. The van der Waals surface area contributed by atoms with Crippen LogP contribution in [0.4, 0.5) is 14.6 Å². The number of nitrogen functional groups attached to an aromatic ring is 1. The molecule has 4 N–H and O–H groups in total. The summed E-state index contributed by atoms with van der Waals surface area (Å²) in [4.78, 5) is 3.45. The van der Waals surface area contributed by atoms with Crippen molar-refractivity contribution in [3.63, 3.8) is 0 Å². The van der Waals surface area contributed by atoms with E-state index in [2.05, 4.69) is 9.72 Å². The smallest absolute Gasteiger partial charge is 0.431 e. The number of hydrogen-bond donors (Lipinski definition) is 3. The van der Waals surface area contributed by atoms with Crippen LogP contribution in [0.15, 0.2) is 12.3 Å². The van der Waals surface area contributed by atoms with E-state index < -0.39 is 13.7 Å². The molecule has 8 heteroatoms. The second-order valence-electron chi connectivity index (χ2n) is 2.40. The Bertz CT molecular complexity index is 324. The zero-order chi connectivity index (χ0) is 10.7. The lowest BCUT2D eigenvalue weighted by molar-refractivity contribution is -0.0494. The molecular weight excluding hydrogens is 197 g/mol. The van der Waals surface area contributed by atoms with Crippen LogP contribution in [0.25, 0.3) is 0 Å². The van der Waals surface area contributed by atoms with E-state index in [1.807, 2.05) is 0 Å². The van der Waals surface area contributed by atoms with Crippen LogP contribution in [0.5, 0.6) is 5.75 Å². The van der Waals surface area contributed by atoms with Crippen LogP contribution in [0, 0.1) is 0 Å². The van der Waals surface area contributed by atoms with Gasteiger partial charge >= 0.3 is 13.7 Å². The van der Waals surface area contributed by atoms with Gasteiger partial charge in [0, 0.05) is 11.7 Å². The number of aromatic nitrogens is 1. The monoisotopic (exact) mass is 204 g/mol. The molecule has 0 spiro atoms. The maximum absolute atomic E-state index is 11.8. The van der Waals surface area contributed by atoms with Gasteiger partial charge in [-0.1, -0.05) is 0 Å². The fourth-order valence-corrected chi connectivity index (χ4v) is 0.802. The van der Waals surface area contributed by atoms with Gasteiger partial charge < -0.3 is 20.5 Å². The van der Waals surface area contributed by atoms with Crippen LogP contribution in [0.1, 0.15) is 0 Å². The van der Waals surface area contributed by atoms with Crippen LogP contribution in [0.3, 0.4) is 0 Å². The number of halogens is 2. The Morgan fingerprint density at radius 2 is 2.14 bits per heavy atom. The Kier molecular flexibility index (Phi) is 3.21. The van der Waals surface area contributed by atoms with Crippen molar-refractivity contribution in [3.05, 3.63) is 12.3 Å². The van der Waals surface area contributed by atoms with Crippen molar-refractivity contribution in [2.24, 2.45) is 0 Å². The van der Waals surface area contributed by atoms with E-state index >= 15 is 0 Å². The van der Waals surface area contributed by atoms with E-state index in [9.17, 15) is 8.78 Å². The van der Waals surface area contributed by atoms with Gasteiger partial charge in [-0.2, -0.15) is 8.78 Å². The van der Waals surface area contributed by atoms with Crippen LogP contribution < -0.4 is 15.9 Å².